The van der Waals surface area contributed by atoms with Gasteiger partial charge in [0.05, 0.1) is 20.8 Å². The highest BCUT2D eigenvalue weighted by atomic mass is 32.2. The number of thioether (sulfide) groups is 2. The molecule has 1 heterocycles. The zero-order chi connectivity index (χ0) is 16.7. The topological polar surface area (TPSA) is 59.0 Å². The lowest BCUT2D eigenvalue weighted by molar-refractivity contribution is -0.131. The molecule has 1 fully saturated rings. The second-order valence-corrected chi connectivity index (χ2v) is 7.39. The van der Waals surface area contributed by atoms with Crippen molar-refractivity contribution in [2.45, 2.75) is 11.8 Å². The summed E-state index contributed by atoms with van der Waals surface area (Å²) < 4.78 is 10.9. The maximum Gasteiger partial charge on any atom is 0.224 e. The van der Waals surface area contributed by atoms with Gasteiger partial charge in [0.2, 0.25) is 5.91 Å². The number of benzene rings is 1. The number of aliphatic hydroxyl groups excluding tert-OH is 1. The minimum Gasteiger partial charge on any atom is -0.493 e. The van der Waals surface area contributed by atoms with E-state index >= 15 is 0 Å². The van der Waals surface area contributed by atoms with Crippen molar-refractivity contribution in [1.82, 2.24) is 4.90 Å². The molecule has 1 aromatic carbocycles. The molecule has 1 amide bonds. The number of methoxy groups -OCH3 is 2. The van der Waals surface area contributed by atoms with Gasteiger partial charge in [-0.3, -0.25) is 4.79 Å². The lowest BCUT2D eigenvalue weighted by Gasteiger charge is -2.36. The number of hydrogen-bond donors (Lipinski definition) is 1. The van der Waals surface area contributed by atoms with Gasteiger partial charge in [-0.05, 0) is 6.07 Å². The second kappa shape index (κ2) is 9.30. The smallest absolute Gasteiger partial charge is 0.224 e. The van der Waals surface area contributed by atoms with Gasteiger partial charge in [0, 0.05) is 35.8 Å². The predicted molar refractivity (Wildman–Crippen MR) is 95.5 cm³/mol. The largest absolute Gasteiger partial charge is 0.493 e. The fourth-order valence-electron chi connectivity index (χ4n) is 2.56. The van der Waals surface area contributed by atoms with E-state index in [0.717, 1.165) is 17.1 Å². The third-order valence-electron chi connectivity index (χ3n) is 3.61. The number of hydrogen-bond acceptors (Lipinski definition) is 6. The van der Waals surface area contributed by atoms with Crippen LogP contribution in [0.4, 0.5) is 0 Å². The van der Waals surface area contributed by atoms with E-state index in [4.69, 9.17) is 14.6 Å². The van der Waals surface area contributed by atoms with Crippen LogP contribution in [-0.4, -0.2) is 60.5 Å². The molecule has 0 aromatic heterocycles. The Morgan fingerprint density at radius 2 is 2.17 bits per heavy atom. The lowest BCUT2D eigenvalue weighted by Crippen LogP contribution is -2.39. The van der Waals surface area contributed by atoms with E-state index in [2.05, 4.69) is 0 Å². The van der Waals surface area contributed by atoms with Crippen molar-refractivity contribution in [3.05, 3.63) is 23.8 Å². The number of para-hydroxylation sites is 1. The summed E-state index contributed by atoms with van der Waals surface area (Å²) in [6.45, 7) is 0.835. The van der Waals surface area contributed by atoms with Crippen molar-refractivity contribution in [3.63, 3.8) is 0 Å². The first-order chi connectivity index (χ1) is 11.2. The van der Waals surface area contributed by atoms with E-state index in [0.29, 0.717) is 30.2 Å². The van der Waals surface area contributed by atoms with Crippen molar-refractivity contribution in [3.8, 4) is 11.5 Å². The first-order valence-corrected chi connectivity index (χ1v) is 9.73. The van der Waals surface area contributed by atoms with Crippen molar-refractivity contribution in [2.24, 2.45) is 0 Å². The number of carbonyl (C=O) groups is 1. The van der Waals surface area contributed by atoms with Crippen LogP contribution in [0.15, 0.2) is 18.2 Å². The van der Waals surface area contributed by atoms with Crippen LogP contribution >= 0.6 is 23.5 Å². The molecule has 2 rings (SSSR count). The molecule has 1 atom stereocenters. The normalized spacial score (nSPS) is 18.1. The van der Waals surface area contributed by atoms with Gasteiger partial charge in [-0.2, -0.15) is 11.8 Å². The maximum atomic E-state index is 12.4. The molecule has 0 saturated carbocycles. The number of nitrogens with zero attached hydrogens (tertiary/aromatic N) is 1. The van der Waals surface area contributed by atoms with Crippen molar-refractivity contribution in [2.75, 3.05) is 44.6 Å². The molecular formula is C16H23NO4S2. The van der Waals surface area contributed by atoms with E-state index in [1.807, 2.05) is 23.1 Å². The quantitative estimate of drug-likeness (QED) is 0.721. The average molecular weight is 357 g/mol. The van der Waals surface area contributed by atoms with E-state index < -0.39 is 0 Å². The second-order valence-electron chi connectivity index (χ2n) is 4.98. The summed E-state index contributed by atoms with van der Waals surface area (Å²) in [4.78, 5) is 14.3. The summed E-state index contributed by atoms with van der Waals surface area (Å²) >= 11 is 3.41. The first kappa shape index (κ1) is 18.3. The zero-order valence-corrected chi connectivity index (χ0v) is 15.1. The van der Waals surface area contributed by atoms with Crippen LogP contribution in [-0.2, 0) is 4.79 Å². The van der Waals surface area contributed by atoms with Gasteiger partial charge >= 0.3 is 0 Å². The molecule has 0 spiro atoms. The van der Waals surface area contributed by atoms with Gasteiger partial charge in [-0.15, -0.1) is 11.8 Å². The molecule has 5 nitrogen and oxygen atoms in total. The summed E-state index contributed by atoms with van der Waals surface area (Å²) in [5.74, 6) is 3.86. The van der Waals surface area contributed by atoms with Crippen LogP contribution in [0.3, 0.4) is 0 Å². The number of rotatable bonds is 8. The Morgan fingerprint density at radius 1 is 1.35 bits per heavy atom. The Kier molecular flexibility index (Phi) is 7.39. The predicted octanol–water partition coefficient (Wildman–Crippen LogP) is 2.39. The molecular weight excluding hydrogens is 334 g/mol. The highest BCUT2D eigenvalue weighted by Crippen LogP contribution is 2.44. The van der Waals surface area contributed by atoms with Crippen LogP contribution in [0.2, 0.25) is 0 Å². The standard InChI is InChI=1S/C16H23NO4S2/c1-20-13-5-3-4-12(15(13)21-2)16-17(7-10-22-11-8-18)14(19)6-9-23-16/h3-5,16,18H,6-11H2,1-2H3. The Morgan fingerprint density at radius 3 is 2.87 bits per heavy atom. The summed E-state index contributed by atoms with van der Waals surface area (Å²) in [5, 5.41) is 8.82. The summed E-state index contributed by atoms with van der Waals surface area (Å²) in [7, 11) is 3.24. The van der Waals surface area contributed by atoms with E-state index in [1.54, 1.807) is 37.7 Å². The molecule has 1 aliphatic rings. The number of amides is 1. The number of ether oxygens (including phenoxy) is 2. The van der Waals surface area contributed by atoms with E-state index in [1.165, 1.54) is 0 Å². The Bertz CT molecular complexity index is 527. The summed E-state index contributed by atoms with van der Waals surface area (Å²) in [5.41, 5.74) is 0.969. The van der Waals surface area contributed by atoms with Gasteiger partial charge in [0.25, 0.3) is 0 Å². The molecule has 23 heavy (non-hydrogen) atoms. The van der Waals surface area contributed by atoms with Gasteiger partial charge in [-0.25, -0.2) is 0 Å². The van der Waals surface area contributed by atoms with Crippen LogP contribution in [0.1, 0.15) is 17.4 Å². The van der Waals surface area contributed by atoms with E-state index in [9.17, 15) is 4.79 Å². The average Bonchev–Trinajstić information content (AvgIpc) is 2.58. The third-order valence-corrected chi connectivity index (χ3v) is 5.81. The minimum atomic E-state index is -0.0592. The Hall–Kier alpha value is -1.05. The summed E-state index contributed by atoms with van der Waals surface area (Å²) in [6.07, 6.45) is 0.568. The van der Waals surface area contributed by atoms with Gasteiger partial charge in [0.1, 0.15) is 5.37 Å². The van der Waals surface area contributed by atoms with Crippen LogP contribution < -0.4 is 9.47 Å². The SMILES string of the molecule is COc1cccc(C2SCCC(=O)N2CCSCCO)c1OC. The van der Waals surface area contributed by atoms with Crippen molar-refractivity contribution < 1.29 is 19.4 Å². The lowest BCUT2D eigenvalue weighted by atomic mass is 10.1. The third kappa shape index (κ3) is 4.49. The van der Waals surface area contributed by atoms with Crippen molar-refractivity contribution in [1.29, 1.82) is 0 Å². The molecule has 0 bridgehead atoms. The van der Waals surface area contributed by atoms with Crippen LogP contribution in [0.5, 0.6) is 11.5 Å². The van der Waals surface area contributed by atoms with Crippen molar-refractivity contribution >= 4 is 29.4 Å². The number of aliphatic hydroxyl groups is 1. The minimum absolute atomic E-state index is 0.0592. The van der Waals surface area contributed by atoms with Gasteiger partial charge < -0.3 is 19.5 Å². The fraction of sp³-hybridized carbons (Fsp3) is 0.562. The van der Waals surface area contributed by atoms with E-state index in [-0.39, 0.29) is 17.9 Å². The first-order valence-electron chi connectivity index (χ1n) is 7.53. The molecule has 0 aliphatic carbocycles. The fourth-order valence-corrected chi connectivity index (χ4v) is 4.50. The van der Waals surface area contributed by atoms with Gasteiger partial charge in [-0.1, -0.05) is 12.1 Å². The maximum absolute atomic E-state index is 12.4. The van der Waals surface area contributed by atoms with Crippen LogP contribution in [0, 0.1) is 0 Å². The zero-order valence-electron chi connectivity index (χ0n) is 13.5. The summed E-state index contributed by atoms with van der Waals surface area (Å²) in [6, 6.07) is 5.78. The van der Waals surface area contributed by atoms with Crippen LogP contribution in [0.25, 0.3) is 0 Å². The molecule has 1 saturated heterocycles. The highest BCUT2D eigenvalue weighted by Gasteiger charge is 2.32. The molecule has 1 unspecified atom stereocenters. The molecule has 1 aliphatic heterocycles. The molecule has 1 aromatic rings. The number of carbonyl (C=O) groups excluding carboxylic acids is 1. The van der Waals surface area contributed by atoms with Gasteiger partial charge in [0.15, 0.2) is 11.5 Å². The Balaban J connectivity index is 2.22. The molecule has 0 radical (unpaired) electrons. The molecule has 128 valence electrons. The molecule has 7 heteroatoms. The Labute approximate surface area is 145 Å². The monoisotopic (exact) mass is 357 g/mol. The molecule has 1 N–H and O–H groups in total. The highest BCUT2D eigenvalue weighted by molar-refractivity contribution is 7.99.